The number of nitrogens with two attached hydrogens (primary N) is 1. The van der Waals surface area contributed by atoms with E-state index in [-0.39, 0.29) is 17.9 Å². The number of nitrogens with zero attached hydrogens (tertiary/aromatic N) is 1. The average Bonchev–Trinajstić information content (AvgIpc) is 2.62. The van der Waals surface area contributed by atoms with Crippen molar-refractivity contribution >= 4 is 0 Å². The van der Waals surface area contributed by atoms with E-state index in [9.17, 15) is 4.39 Å². The lowest BCUT2D eigenvalue weighted by molar-refractivity contribution is 0.168. The molecule has 2 nitrogen and oxygen atoms in total. The summed E-state index contributed by atoms with van der Waals surface area (Å²) in [5.41, 5.74) is 7.96. The van der Waals surface area contributed by atoms with E-state index in [1.807, 2.05) is 12.1 Å². The van der Waals surface area contributed by atoms with Gasteiger partial charge in [-0.15, -0.1) is 0 Å². The van der Waals surface area contributed by atoms with Crippen molar-refractivity contribution in [3.63, 3.8) is 0 Å². The Hall–Kier alpha value is -0.930. The van der Waals surface area contributed by atoms with E-state index in [1.165, 1.54) is 19.3 Å². The van der Waals surface area contributed by atoms with Gasteiger partial charge < -0.3 is 5.73 Å². The normalized spacial score (nSPS) is 22.5. The summed E-state index contributed by atoms with van der Waals surface area (Å²) in [4.78, 5) is 2.51. The number of halogens is 1. The maximum atomic E-state index is 13.2. The summed E-state index contributed by atoms with van der Waals surface area (Å²) in [5, 5.41) is 0. The van der Waals surface area contributed by atoms with Gasteiger partial charge in [-0.25, -0.2) is 4.39 Å². The molecule has 1 heterocycles. The van der Waals surface area contributed by atoms with E-state index in [0.29, 0.717) is 5.41 Å². The van der Waals surface area contributed by atoms with E-state index >= 15 is 0 Å². The summed E-state index contributed by atoms with van der Waals surface area (Å²) in [6.45, 7) is 8.98. The molecule has 1 aromatic carbocycles. The van der Waals surface area contributed by atoms with Crippen LogP contribution in [0.2, 0.25) is 0 Å². The summed E-state index contributed by atoms with van der Waals surface area (Å²) in [6, 6.07) is 7.18. The lowest BCUT2D eigenvalue weighted by Gasteiger charge is -2.35. The van der Waals surface area contributed by atoms with Gasteiger partial charge in [0, 0.05) is 12.1 Å². The van der Waals surface area contributed by atoms with Gasteiger partial charge in [-0.1, -0.05) is 32.9 Å². The maximum Gasteiger partial charge on any atom is 0.123 e. The summed E-state index contributed by atoms with van der Waals surface area (Å²) in [5.74, 6) is -0.181. The van der Waals surface area contributed by atoms with Crippen molar-refractivity contribution in [1.82, 2.24) is 4.90 Å². The Bertz CT molecular complexity index is 441. The highest BCUT2D eigenvalue weighted by atomic mass is 19.1. The Labute approximate surface area is 128 Å². The molecular weight excluding hydrogens is 263 g/mol. The van der Waals surface area contributed by atoms with Crippen LogP contribution in [0.15, 0.2) is 24.3 Å². The van der Waals surface area contributed by atoms with Crippen molar-refractivity contribution in [3.8, 4) is 0 Å². The molecule has 1 saturated heterocycles. The summed E-state index contributed by atoms with van der Waals surface area (Å²) in [6.07, 6.45) is 4.60. The zero-order valence-electron chi connectivity index (χ0n) is 13.6. The quantitative estimate of drug-likeness (QED) is 0.904. The van der Waals surface area contributed by atoms with Crippen LogP contribution >= 0.6 is 0 Å². The number of likely N-dealkylation sites (tertiary alicyclic amines) is 1. The fourth-order valence-electron chi connectivity index (χ4n) is 3.33. The summed E-state index contributed by atoms with van der Waals surface area (Å²) in [7, 11) is 0. The van der Waals surface area contributed by atoms with E-state index in [1.54, 1.807) is 12.1 Å². The third kappa shape index (κ3) is 4.27. The maximum absolute atomic E-state index is 13.2. The molecule has 0 bridgehead atoms. The van der Waals surface area contributed by atoms with Crippen LogP contribution in [0.1, 0.15) is 58.1 Å². The van der Waals surface area contributed by atoms with Crippen LogP contribution in [-0.4, -0.2) is 24.0 Å². The average molecular weight is 292 g/mol. The van der Waals surface area contributed by atoms with Gasteiger partial charge in [0.25, 0.3) is 0 Å². The molecule has 2 N–H and O–H groups in total. The molecule has 118 valence electrons. The molecule has 0 aromatic heterocycles. The standard InChI is InChI=1S/C18H29FN2/c1-4-16(20)17(14-6-8-15(19)9-7-14)21-12-5-10-18(2,3)11-13-21/h6-9,16-17H,4-5,10-13,20H2,1-3H3. The van der Waals surface area contributed by atoms with Crippen LogP contribution in [0.5, 0.6) is 0 Å². The minimum Gasteiger partial charge on any atom is -0.326 e. The SMILES string of the molecule is CCC(N)C(c1ccc(F)cc1)N1CCCC(C)(C)CC1. The molecule has 0 spiro atoms. The Morgan fingerprint density at radius 3 is 2.48 bits per heavy atom. The molecule has 1 fully saturated rings. The first-order chi connectivity index (χ1) is 9.93. The molecule has 0 aliphatic carbocycles. The van der Waals surface area contributed by atoms with Crippen LogP contribution in [0.3, 0.4) is 0 Å². The van der Waals surface area contributed by atoms with Gasteiger partial charge in [-0.3, -0.25) is 4.90 Å². The van der Waals surface area contributed by atoms with Crippen molar-refractivity contribution in [3.05, 3.63) is 35.6 Å². The second-order valence-corrected chi connectivity index (χ2v) is 7.12. The first-order valence-electron chi connectivity index (χ1n) is 8.18. The second-order valence-electron chi connectivity index (χ2n) is 7.12. The van der Waals surface area contributed by atoms with Gasteiger partial charge in [-0.2, -0.15) is 0 Å². The smallest absolute Gasteiger partial charge is 0.123 e. The lowest BCUT2D eigenvalue weighted by atomic mass is 9.85. The van der Waals surface area contributed by atoms with E-state index in [0.717, 1.165) is 25.1 Å². The van der Waals surface area contributed by atoms with Gasteiger partial charge in [0.1, 0.15) is 5.82 Å². The molecule has 0 saturated carbocycles. The fraction of sp³-hybridized carbons (Fsp3) is 0.667. The molecule has 2 unspecified atom stereocenters. The van der Waals surface area contributed by atoms with Gasteiger partial charge in [0.2, 0.25) is 0 Å². The van der Waals surface area contributed by atoms with Crippen molar-refractivity contribution in [1.29, 1.82) is 0 Å². The number of hydrogen-bond acceptors (Lipinski definition) is 2. The van der Waals surface area contributed by atoms with Crippen LogP contribution in [0.25, 0.3) is 0 Å². The van der Waals surface area contributed by atoms with Crippen molar-refractivity contribution in [2.45, 2.75) is 58.5 Å². The topological polar surface area (TPSA) is 29.3 Å². The molecule has 21 heavy (non-hydrogen) atoms. The molecule has 0 radical (unpaired) electrons. The second kappa shape index (κ2) is 6.89. The number of benzene rings is 1. The van der Waals surface area contributed by atoms with Crippen molar-refractivity contribution in [2.24, 2.45) is 11.1 Å². The van der Waals surface area contributed by atoms with Crippen LogP contribution < -0.4 is 5.73 Å². The molecule has 1 aliphatic rings. The zero-order chi connectivity index (χ0) is 15.5. The first-order valence-corrected chi connectivity index (χ1v) is 8.18. The third-order valence-electron chi connectivity index (χ3n) is 4.86. The Balaban J connectivity index is 2.21. The van der Waals surface area contributed by atoms with Crippen LogP contribution in [0, 0.1) is 11.2 Å². The predicted molar refractivity (Wildman–Crippen MR) is 86.6 cm³/mol. The largest absolute Gasteiger partial charge is 0.326 e. The highest BCUT2D eigenvalue weighted by Crippen LogP contribution is 2.34. The van der Waals surface area contributed by atoms with Crippen molar-refractivity contribution < 1.29 is 4.39 Å². The van der Waals surface area contributed by atoms with Gasteiger partial charge in [0.15, 0.2) is 0 Å². The first kappa shape index (κ1) is 16.4. The molecule has 2 rings (SSSR count). The molecule has 3 heteroatoms. The lowest BCUT2D eigenvalue weighted by Crippen LogP contribution is -2.41. The Morgan fingerprint density at radius 2 is 1.86 bits per heavy atom. The number of hydrogen-bond donors (Lipinski definition) is 1. The van der Waals surface area contributed by atoms with E-state index < -0.39 is 0 Å². The minimum absolute atomic E-state index is 0.0941. The fourth-order valence-corrected chi connectivity index (χ4v) is 3.33. The third-order valence-corrected chi connectivity index (χ3v) is 4.86. The van der Waals surface area contributed by atoms with Gasteiger partial charge in [-0.05, 0) is 61.9 Å². The van der Waals surface area contributed by atoms with Crippen molar-refractivity contribution in [2.75, 3.05) is 13.1 Å². The number of rotatable bonds is 4. The summed E-state index contributed by atoms with van der Waals surface area (Å²) >= 11 is 0. The van der Waals surface area contributed by atoms with Gasteiger partial charge in [0.05, 0.1) is 0 Å². The molecule has 1 aliphatic heterocycles. The molecular formula is C18H29FN2. The van der Waals surface area contributed by atoms with Crippen LogP contribution in [-0.2, 0) is 0 Å². The monoisotopic (exact) mass is 292 g/mol. The van der Waals surface area contributed by atoms with E-state index in [2.05, 4.69) is 25.7 Å². The highest BCUT2D eigenvalue weighted by molar-refractivity contribution is 5.22. The molecule has 1 aromatic rings. The predicted octanol–water partition coefficient (Wildman–Crippen LogP) is 4.12. The molecule has 2 atom stereocenters. The highest BCUT2D eigenvalue weighted by Gasteiger charge is 2.30. The van der Waals surface area contributed by atoms with Crippen LogP contribution in [0.4, 0.5) is 4.39 Å². The Kier molecular flexibility index (Phi) is 5.39. The minimum atomic E-state index is -0.181. The summed E-state index contributed by atoms with van der Waals surface area (Å²) < 4.78 is 13.2. The van der Waals surface area contributed by atoms with Gasteiger partial charge >= 0.3 is 0 Å². The van der Waals surface area contributed by atoms with E-state index in [4.69, 9.17) is 5.73 Å². The Morgan fingerprint density at radius 1 is 1.19 bits per heavy atom. The molecule has 0 amide bonds. The zero-order valence-corrected chi connectivity index (χ0v) is 13.6.